The van der Waals surface area contributed by atoms with Crippen molar-refractivity contribution in [2.24, 2.45) is 7.05 Å². The third-order valence-corrected chi connectivity index (χ3v) is 3.64. The van der Waals surface area contributed by atoms with Gasteiger partial charge < -0.3 is 15.0 Å². The van der Waals surface area contributed by atoms with Crippen LogP contribution in [0.1, 0.15) is 0 Å². The molecule has 98 valence electrons. The number of imidazole rings is 1. The van der Waals surface area contributed by atoms with Crippen molar-refractivity contribution in [1.29, 1.82) is 0 Å². The summed E-state index contributed by atoms with van der Waals surface area (Å²) < 4.78 is 2.95. The predicted molar refractivity (Wildman–Crippen MR) is 75.2 cm³/mol. The number of nitrogens with one attached hydrogen (secondary N) is 1. The molecule has 0 saturated heterocycles. The first kappa shape index (κ1) is 12.1. The van der Waals surface area contributed by atoms with Crippen molar-refractivity contribution in [3.8, 4) is 11.5 Å². The van der Waals surface area contributed by atoms with Gasteiger partial charge >= 0.3 is 0 Å². The van der Waals surface area contributed by atoms with Crippen LogP contribution in [0.3, 0.4) is 0 Å². The zero-order valence-corrected chi connectivity index (χ0v) is 11.2. The van der Waals surface area contributed by atoms with Gasteiger partial charge in [-0.3, -0.25) is 0 Å². The van der Waals surface area contributed by atoms with Gasteiger partial charge in [0.1, 0.15) is 5.69 Å². The molecule has 0 saturated carbocycles. The van der Waals surface area contributed by atoms with E-state index in [0.29, 0.717) is 12.5 Å². The SMILES string of the molecule is Cn1ccnc1-c1nc(NCCO)nc2ccsc12. The molecule has 0 spiro atoms. The number of fused-ring (bicyclic) bond motifs is 1. The van der Waals surface area contributed by atoms with Gasteiger partial charge in [-0.15, -0.1) is 11.3 Å². The molecule has 0 aliphatic carbocycles. The summed E-state index contributed by atoms with van der Waals surface area (Å²) in [5, 5.41) is 13.8. The molecule has 0 amide bonds. The molecule has 0 bridgehead atoms. The van der Waals surface area contributed by atoms with Crippen molar-refractivity contribution in [2.75, 3.05) is 18.5 Å². The van der Waals surface area contributed by atoms with Crippen molar-refractivity contribution in [3.63, 3.8) is 0 Å². The van der Waals surface area contributed by atoms with Crippen LogP contribution in [-0.4, -0.2) is 37.8 Å². The molecule has 0 aliphatic rings. The van der Waals surface area contributed by atoms with Crippen LogP contribution < -0.4 is 5.32 Å². The number of anilines is 1. The summed E-state index contributed by atoms with van der Waals surface area (Å²) in [5.74, 6) is 1.32. The lowest BCUT2D eigenvalue weighted by Crippen LogP contribution is -2.09. The van der Waals surface area contributed by atoms with Crippen LogP contribution in [0.4, 0.5) is 5.95 Å². The molecule has 3 rings (SSSR count). The molecule has 19 heavy (non-hydrogen) atoms. The average molecular weight is 275 g/mol. The Balaban J connectivity index is 2.16. The van der Waals surface area contributed by atoms with Crippen LogP contribution in [0.15, 0.2) is 23.8 Å². The number of thiophene rings is 1. The highest BCUT2D eigenvalue weighted by atomic mass is 32.1. The number of hydrogen-bond acceptors (Lipinski definition) is 6. The monoisotopic (exact) mass is 275 g/mol. The largest absolute Gasteiger partial charge is 0.395 e. The van der Waals surface area contributed by atoms with Gasteiger partial charge in [-0.25, -0.2) is 15.0 Å². The second-order valence-electron chi connectivity index (χ2n) is 4.04. The first-order valence-electron chi connectivity index (χ1n) is 5.87. The quantitative estimate of drug-likeness (QED) is 0.754. The summed E-state index contributed by atoms with van der Waals surface area (Å²) in [7, 11) is 1.94. The first-order chi connectivity index (χ1) is 9.29. The number of aliphatic hydroxyl groups is 1. The Kier molecular flexibility index (Phi) is 3.14. The molecule has 2 N–H and O–H groups in total. The van der Waals surface area contributed by atoms with E-state index in [2.05, 4.69) is 20.3 Å². The molecule has 0 fully saturated rings. The average Bonchev–Trinajstić information content (AvgIpc) is 3.03. The fourth-order valence-electron chi connectivity index (χ4n) is 1.86. The molecule has 0 radical (unpaired) electrons. The maximum atomic E-state index is 8.87. The molecule has 3 aromatic heterocycles. The van der Waals surface area contributed by atoms with Crippen LogP contribution in [0.25, 0.3) is 21.7 Å². The maximum absolute atomic E-state index is 8.87. The van der Waals surface area contributed by atoms with E-state index in [1.165, 1.54) is 0 Å². The van der Waals surface area contributed by atoms with Crippen molar-refractivity contribution in [3.05, 3.63) is 23.8 Å². The lowest BCUT2D eigenvalue weighted by atomic mass is 10.3. The zero-order chi connectivity index (χ0) is 13.2. The third-order valence-electron chi connectivity index (χ3n) is 2.73. The highest BCUT2D eigenvalue weighted by Crippen LogP contribution is 2.29. The highest BCUT2D eigenvalue weighted by molar-refractivity contribution is 7.17. The Morgan fingerprint density at radius 3 is 3.05 bits per heavy atom. The van der Waals surface area contributed by atoms with Gasteiger partial charge in [-0.05, 0) is 11.4 Å². The predicted octanol–water partition coefficient (Wildman–Crippen LogP) is 1.50. The molecule has 3 aromatic rings. The maximum Gasteiger partial charge on any atom is 0.224 e. The number of rotatable bonds is 4. The van der Waals surface area contributed by atoms with Crippen LogP contribution >= 0.6 is 11.3 Å². The van der Waals surface area contributed by atoms with Gasteiger partial charge in [0.15, 0.2) is 5.82 Å². The molecular weight excluding hydrogens is 262 g/mol. The Bertz CT molecular complexity index is 705. The van der Waals surface area contributed by atoms with E-state index in [0.717, 1.165) is 21.7 Å². The molecule has 0 unspecified atom stereocenters. The minimum absolute atomic E-state index is 0.0444. The number of aromatic nitrogens is 4. The fourth-order valence-corrected chi connectivity index (χ4v) is 2.67. The van der Waals surface area contributed by atoms with Crippen LogP contribution in [0.5, 0.6) is 0 Å². The second kappa shape index (κ2) is 4.94. The number of nitrogens with zero attached hydrogens (tertiary/aromatic N) is 4. The fraction of sp³-hybridized carbons (Fsp3) is 0.250. The van der Waals surface area contributed by atoms with Gasteiger partial charge in [0.25, 0.3) is 0 Å². The highest BCUT2D eigenvalue weighted by Gasteiger charge is 2.14. The number of aliphatic hydroxyl groups excluding tert-OH is 1. The minimum atomic E-state index is 0.0444. The van der Waals surface area contributed by atoms with E-state index < -0.39 is 0 Å². The topological polar surface area (TPSA) is 75.9 Å². The van der Waals surface area contributed by atoms with Gasteiger partial charge in [-0.1, -0.05) is 0 Å². The molecular formula is C12H13N5OS. The van der Waals surface area contributed by atoms with E-state index in [1.807, 2.05) is 29.3 Å². The number of aryl methyl sites for hydroxylation is 1. The Morgan fingerprint density at radius 1 is 1.42 bits per heavy atom. The van der Waals surface area contributed by atoms with E-state index in [4.69, 9.17) is 5.11 Å². The lowest BCUT2D eigenvalue weighted by Gasteiger charge is -2.07. The van der Waals surface area contributed by atoms with E-state index >= 15 is 0 Å². The smallest absolute Gasteiger partial charge is 0.224 e. The zero-order valence-electron chi connectivity index (χ0n) is 10.4. The second-order valence-corrected chi connectivity index (χ2v) is 4.96. The van der Waals surface area contributed by atoms with Gasteiger partial charge in [0.05, 0.1) is 16.8 Å². The molecule has 6 nitrogen and oxygen atoms in total. The first-order valence-corrected chi connectivity index (χ1v) is 6.75. The van der Waals surface area contributed by atoms with Crippen molar-refractivity contribution in [2.45, 2.75) is 0 Å². The minimum Gasteiger partial charge on any atom is -0.395 e. The standard InChI is InChI=1S/C12H13N5OS/c1-17-5-3-13-11(17)9-10-8(2-7-19-10)15-12(16-9)14-4-6-18/h2-3,5,7,18H,4,6H2,1H3,(H,14,15,16). The summed E-state index contributed by atoms with van der Waals surface area (Å²) >= 11 is 1.60. The van der Waals surface area contributed by atoms with Crippen LogP contribution in [-0.2, 0) is 7.05 Å². The van der Waals surface area contributed by atoms with Gasteiger partial charge in [0.2, 0.25) is 5.95 Å². The molecule has 0 atom stereocenters. The molecule has 3 heterocycles. The van der Waals surface area contributed by atoms with Crippen molar-refractivity contribution in [1.82, 2.24) is 19.5 Å². The summed E-state index contributed by atoms with van der Waals surface area (Å²) in [5.41, 5.74) is 1.70. The van der Waals surface area contributed by atoms with E-state index in [1.54, 1.807) is 17.5 Å². The van der Waals surface area contributed by atoms with Gasteiger partial charge in [0, 0.05) is 26.0 Å². The molecule has 0 aromatic carbocycles. The Hall–Kier alpha value is -1.99. The summed E-state index contributed by atoms with van der Waals surface area (Å²) in [6, 6.07) is 1.96. The lowest BCUT2D eigenvalue weighted by molar-refractivity contribution is 0.311. The Morgan fingerprint density at radius 2 is 2.32 bits per heavy atom. The Labute approximate surface area is 113 Å². The number of hydrogen-bond donors (Lipinski definition) is 2. The normalized spacial score (nSPS) is 11.1. The van der Waals surface area contributed by atoms with E-state index in [9.17, 15) is 0 Å². The van der Waals surface area contributed by atoms with E-state index in [-0.39, 0.29) is 6.61 Å². The summed E-state index contributed by atoms with van der Waals surface area (Å²) in [6.07, 6.45) is 3.63. The van der Waals surface area contributed by atoms with Crippen molar-refractivity contribution < 1.29 is 5.11 Å². The van der Waals surface area contributed by atoms with Crippen molar-refractivity contribution >= 4 is 27.5 Å². The van der Waals surface area contributed by atoms with Gasteiger partial charge in [-0.2, -0.15) is 0 Å². The summed E-state index contributed by atoms with van der Waals surface area (Å²) in [6.45, 7) is 0.471. The summed E-state index contributed by atoms with van der Waals surface area (Å²) in [4.78, 5) is 13.3. The molecule has 0 aliphatic heterocycles. The van der Waals surface area contributed by atoms with Crippen LogP contribution in [0.2, 0.25) is 0 Å². The van der Waals surface area contributed by atoms with Crippen LogP contribution in [0, 0.1) is 0 Å². The molecule has 7 heteroatoms. The third kappa shape index (κ3) is 2.18.